The lowest BCUT2D eigenvalue weighted by Gasteiger charge is -2.15. The zero-order valence-corrected chi connectivity index (χ0v) is 23.6. The van der Waals surface area contributed by atoms with Gasteiger partial charge in [-0.05, 0) is 29.3 Å². The molecule has 0 N–H and O–H groups in total. The number of fused-ring (bicyclic) bond motifs is 3. The second-order valence-electron chi connectivity index (χ2n) is 10.4. The fraction of sp³-hybridized carbons (Fsp3) is 0. The van der Waals surface area contributed by atoms with Gasteiger partial charge in [0.2, 0.25) is 0 Å². The first-order valence-corrected chi connectivity index (χ1v) is 15.0. The molecular formula is C39H26N2S. The third-order valence-corrected chi connectivity index (χ3v) is 9.04. The molecule has 2 nitrogen and oxygen atoms in total. The monoisotopic (exact) mass is 554 g/mol. The summed E-state index contributed by atoms with van der Waals surface area (Å²) in [6.45, 7) is 0. The van der Waals surface area contributed by atoms with E-state index in [-0.39, 0.29) is 0 Å². The first-order valence-electron chi connectivity index (χ1n) is 14.2. The summed E-state index contributed by atoms with van der Waals surface area (Å²) in [5, 5.41) is 2.62. The van der Waals surface area contributed by atoms with Gasteiger partial charge in [-0.1, -0.05) is 140 Å². The first kappa shape index (κ1) is 24.5. The summed E-state index contributed by atoms with van der Waals surface area (Å²) in [6.07, 6.45) is 0. The van der Waals surface area contributed by atoms with E-state index in [4.69, 9.17) is 4.98 Å². The fourth-order valence-corrected chi connectivity index (χ4v) is 7.14. The van der Waals surface area contributed by atoms with Crippen molar-refractivity contribution in [1.82, 2.24) is 9.55 Å². The van der Waals surface area contributed by atoms with Crippen LogP contribution in [0.1, 0.15) is 0 Å². The van der Waals surface area contributed by atoms with Crippen LogP contribution in [0, 0.1) is 0 Å². The van der Waals surface area contributed by atoms with E-state index in [2.05, 4.69) is 162 Å². The van der Waals surface area contributed by atoms with Gasteiger partial charge in [-0.3, -0.25) is 4.57 Å². The third-order valence-electron chi connectivity index (χ3n) is 7.82. The van der Waals surface area contributed by atoms with E-state index < -0.39 is 0 Å². The van der Waals surface area contributed by atoms with E-state index in [1.165, 1.54) is 31.3 Å². The zero-order chi connectivity index (χ0) is 27.9. The Labute approximate surface area is 248 Å². The van der Waals surface area contributed by atoms with Gasteiger partial charge in [0.1, 0.15) is 5.82 Å². The summed E-state index contributed by atoms with van der Waals surface area (Å²) in [4.78, 5) is 5.35. The summed E-state index contributed by atoms with van der Waals surface area (Å²) in [5.41, 5.74) is 8.88. The van der Waals surface area contributed by atoms with Crippen molar-refractivity contribution >= 4 is 31.5 Å². The van der Waals surface area contributed by atoms with Gasteiger partial charge in [0, 0.05) is 42.6 Å². The van der Waals surface area contributed by atoms with Crippen LogP contribution in [0.2, 0.25) is 0 Å². The Morgan fingerprint density at radius 1 is 0.476 bits per heavy atom. The average Bonchev–Trinajstić information content (AvgIpc) is 3.66. The van der Waals surface area contributed by atoms with Crippen molar-refractivity contribution in [3.63, 3.8) is 0 Å². The number of imidazole rings is 1. The second kappa shape index (κ2) is 10.3. The molecule has 0 aliphatic heterocycles. The predicted octanol–water partition coefficient (Wildman–Crippen LogP) is 10.9. The van der Waals surface area contributed by atoms with Crippen molar-refractivity contribution in [3.8, 4) is 50.7 Å². The topological polar surface area (TPSA) is 17.8 Å². The van der Waals surface area contributed by atoms with E-state index in [9.17, 15) is 0 Å². The molecule has 0 atom stereocenters. The number of thiophene rings is 1. The lowest BCUT2D eigenvalue weighted by molar-refractivity contribution is 1.07. The highest BCUT2D eigenvalue weighted by molar-refractivity contribution is 7.26. The van der Waals surface area contributed by atoms with Gasteiger partial charge in [0.25, 0.3) is 0 Å². The van der Waals surface area contributed by atoms with Gasteiger partial charge in [0.05, 0.1) is 11.4 Å². The van der Waals surface area contributed by atoms with Gasteiger partial charge in [-0.25, -0.2) is 4.98 Å². The van der Waals surface area contributed by atoms with Crippen molar-refractivity contribution in [3.05, 3.63) is 158 Å². The maximum absolute atomic E-state index is 5.35. The Morgan fingerprint density at radius 2 is 1.07 bits per heavy atom. The highest BCUT2D eigenvalue weighted by Crippen LogP contribution is 2.42. The summed E-state index contributed by atoms with van der Waals surface area (Å²) < 4.78 is 4.97. The molecule has 3 heteroatoms. The SMILES string of the molecule is c1ccc(-c2nc(-c3ccccc3)n(-c3cccc(-c4cccc5c4sc4ccccc45)c3)c2-c2ccccc2)cc1. The van der Waals surface area contributed by atoms with Gasteiger partial charge in [-0.2, -0.15) is 0 Å². The van der Waals surface area contributed by atoms with Crippen molar-refractivity contribution < 1.29 is 0 Å². The molecule has 8 aromatic rings. The Morgan fingerprint density at radius 3 is 1.83 bits per heavy atom. The van der Waals surface area contributed by atoms with Crippen LogP contribution >= 0.6 is 11.3 Å². The largest absolute Gasteiger partial charge is 0.292 e. The Hall–Kier alpha value is -5.25. The normalized spacial score (nSPS) is 11.3. The molecule has 0 radical (unpaired) electrons. The average molecular weight is 555 g/mol. The number of hydrogen-bond donors (Lipinski definition) is 0. The Bertz CT molecular complexity index is 2180. The van der Waals surface area contributed by atoms with Crippen LogP contribution in [0.3, 0.4) is 0 Å². The minimum atomic E-state index is 0.922. The van der Waals surface area contributed by atoms with E-state index in [1.54, 1.807) is 0 Å². The highest BCUT2D eigenvalue weighted by Gasteiger charge is 2.22. The number of nitrogens with zero attached hydrogens (tertiary/aromatic N) is 2. The van der Waals surface area contributed by atoms with Gasteiger partial charge >= 0.3 is 0 Å². The van der Waals surface area contributed by atoms with E-state index in [0.29, 0.717) is 0 Å². The molecule has 0 saturated heterocycles. The lowest BCUT2D eigenvalue weighted by Crippen LogP contribution is -2.00. The molecule has 0 bridgehead atoms. The highest BCUT2D eigenvalue weighted by atomic mass is 32.1. The fourth-order valence-electron chi connectivity index (χ4n) is 5.90. The molecule has 2 aromatic heterocycles. The van der Waals surface area contributed by atoms with Crippen LogP contribution < -0.4 is 0 Å². The van der Waals surface area contributed by atoms with E-state index in [1.807, 2.05) is 11.3 Å². The first-order chi connectivity index (χ1) is 20.8. The lowest BCUT2D eigenvalue weighted by atomic mass is 10.0. The molecule has 0 spiro atoms. The maximum atomic E-state index is 5.35. The van der Waals surface area contributed by atoms with E-state index in [0.717, 1.165) is 39.6 Å². The van der Waals surface area contributed by atoms with Crippen molar-refractivity contribution in [2.24, 2.45) is 0 Å². The van der Waals surface area contributed by atoms with Gasteiger partial charge in [0.15, 0.2) is 0 Å². The van der Waals surface area contributed by atoms with Crippen LogP contribution in [-0.2, 0) is 0 Å². The van der Waals surface area contributed by atoms with Crippen LogP contribution in [0.15, 0.2) is 158 Å². The summed E-state index contributed by atoms with van der Waals surface area (Å²) in [6, 6.07) is 55.9. The molecule has 0 saturated carbocycles. The molecule has 198 valence electrons. The number of aromatic nitrogens is 2. The van der Waals surface area contributed by atoms with Crippen molar-refractivity contribution in [2.45, 2.75) is 0 Å². The van der Waals surface area contributed by atoms with Crippen molar-refractivity contribution in [2.75, 3.05) is 0 Å². The summed E-state index contributed by atoms with van der Waals surface area (Å²) in [7, 11) is 0. The number of rotatable bonds is 5. The van der Waals surface area contributed by atoms with Gasteiger partial charge in [-0.15, -0.1) is 11.3 Å². The molecule has 0 unspecified atom stereocenters. The quantitative estimate of drug-likeness (QED) is 0.207. The van der Waals surface area contributed by atoms with Crippen molar-refractivity contribution in [1.29, 1.82) is 0 Å². The Kier molecular flexibility index (Phi) is 6.02. The maximum Gasteiger partial charge on any atom is 0.145 e. The molecule has 6 aromatic carbocycles. The van der Waals surface area contributed by atoms with Crippen LogP contribution in [0.5, 0.6) is 0 Å². The summed E-state index contributed by atoms with van der Waals surface area (Å²) in [5.74, 6) is 0.922. The molecule has 2 heterocycles. The standard InChI is InChI=1S/C39H26N2S/c1-4-14-27(15-5-1)36-37(28-16-6-2-7-17-28)41(39(40-36)29-18-8-3-9-19-29)31-21-12-20-30(26-31)32-23-13-24-34-33-22-10-11-25-35(33)42-38(32)34/h1-26H. The molecule has 0 fully saturated rings. The molecule has 8 rings (SSSR count). The molecule has 0 amide bonds. The van der Waals surface area contributed by atoms with E-state index >= 15 is 0 Å². The minimum Gasteiger partial charge on any atom is -0.292 e. The third kappa shape index (κ3) is 4.14. The smallest absolute Gasteiger partial charge is 0.145 e. The van der Waals surface area contributed by atoms with Gasteiger partial charge < -0.3 is 0 Å². The minimum absolute atomic E-state index is 0.922. The molecule has 42 heavy (non-hydrogen) atoms. The second-order valence-corrected chi connectivity index (χ2v) is 11.4. The zero-order valence-electron chi connectivity index (χ0n) is 22.8. The molecule has 0 aliphatic rings. The number of hydrogen-bond acceptors (Lipinski definition) is 2. The molecular weight excluding hydrogens is 529 g/mol. The summed E-state index contributed by atoms with van der Waals surface area (Å²) >= 11 is 1.87. The predicted molar refractivity (Wildman–Crippen MR) is 178 cm³/mol. The van der Waals surface area contributed by atoms with Crippen LogP contribution in [0.25, 0.3) is 70.9 Å². The molecule has 0 aliphatic carbocycles. The van der Waals surface area contributed by atoms with Crippen LogP contribution in [-0.4, -0.2) is 9.55 Å². The Balaban J connectivity index is 1.41. The number of benzene rings is 6. The van der Waals surface area contributed by atoms with Crippen LogP contribution in [0.4, 0.5) is 0 Å².